The molecule has 0 aliphatic heterocycles. The van der Waals surface area contributed by atoms with Crippen LogP contribution < -0.4 is 5.32 Å². The van der Waals surface area contributed by atoms with Crippen LogP contribution in [0.25, 0.3) is 11.3 Å². The molecule has 1 aromatic heterocycles. The lowest BCUT2D eigenvalue weighted by Gasteiger charge is -2.07. The van der Waals surface area contributed by atoms with Crippen LogP contribution in [0.5, 0.6) is 0 Å². The fraction of sp³-hybridized carbons (Fsp3) is 0.105. The molecule has 4 nitrogen and oxygen atoms in total. The largest absolute Gasteiger partial charge is 0.350 e. The Bertz CT molecular complexity index is 885. The first kappa shape index (κ1) is 16.7. The van der Waals surface area contributed by atoms with E-state index in [0.29, 0.717) is 5.69 Å². The van der Waals surface area contributed by atoms with Gasteiger partial charge in [-0.25, -0.2) is 18.7 Å². The van der Waals surface area contributed by atoms with Gasteiger partial charge in [0, 0.05) is 11.6 Å². The molecule has 1 heterocycles. The first-order chi connectivity index (χ1) is 12.1. The van der Waals surface area contributed by atoms with Gasteiger partial charge in [-0.2, -0.15) is 0 Å². The number of benzene rings is 2. The summed E-state index contributed by atoms with van der Waals surface area (Å²) in [5, 5.41) is 2.68. The van der Waals surface area contributed by atoms with Crippen LogP contribution in [0.3, 0.4) is 0 Å². The second-order valence-corrected chi connectivity index (χ2v) is 5.45. The fourth-order valence-corrected chi connectivity index (χ4v) is 2.35. The van der Waals surface area contributed by atoms with Crippen LogP contribution in [-0.4, -0.2) is 15.9 Å². The number of amides is 1. The fourth-order valence-electron chi connectivity index (χ4n) is 2.35. The molecule has 0 spiro atoms. The van der Waals surface area contributed by atoms with E-state index in [4.69, 9.17) is 0 Å². The maximum Gasteiger partial charge on any atom is 0.224 e. The van der Waals surface area contributed by atoms with Gasteiger partial charge in [-0.15, -0.1) is 0 Å². The normalized spacial score (nSPS) is 10.5. The first-order valence-corrected chi connectivity index (χ1v) is 7.69. The maximum absolute atomic E-state index is 13.6. The smallest absolute Gasteiger partial charge is 0.224 e. The highest BCUT2D eigenvalue weighted by molar-refractivity contribution is 5.78. The molecule has 0 aliphatic carbocycles. The molecule has 1 N–H and O–H groups in total. The molecule has 0 atom stereocenters. The molecule has 126 valence electrons. The third-order valence-electron chi connectivity index (χ3n) is 3.63. The topological polar surface area (TPSA) is 54.9 Å². The molecule has 2 aromatic carbocycles. The molecule has 0 saturated heterocycles. The van der Waals surface area contributed by atoms with Crippen molar-refractivity contribution in [1.82, 2.24) is 15.3 Å². The number of carbonyl (C=O) groups is 1. The van der Waals surface area contributed by atoms with Crippen molar-refractivity contribution < 1.29 is 13.6 Å². The van der Waals surface area contributed by atoms with Gasteiger partial charge in [0.2, 0.25) is 5.91 Å². The summed E-state index contributed by atoms with van der Waals surface area (Å²) >= 11 is 0. The van der Waals surface area contributed by atoms with Crippen molar-refractivity contribution in [3.05, 3.63) is 83.8 Å². The quantitative estimate of drug-likeness (QED) is 0.776. The molecule has 1 amide bonds. The van der Waals surface area contributed by atoms with Crippen LogP contribution in [0.4, 0.5) is 8.78 Å². The monoisotopic (exact) mass is 339 g/mol. The summed E-state index contributed by atoms with van der Waals surface area (Å²) in [7, 11) is 0. The highest BCUT2D eigenvalue weighted by atomic mass is 19.1. The number of rotatable bonds is 5. The molecule has 0 fully saturated rings. The first-order valence-electron chi connectivity index (χ1n) is 7.69. The molecule has 0 aliphatic rings. The molecular weight excluding hydrogens is 324 g/mol. The number of nitrogens with one attached hydrogen (secondary N) is 1. The summed E-state index contributed by atoms with van der Waals surface area (Å²) in [5.74, 6) is -1.77. The molecule has 0 unspecified atom stereocenters. The van der Waals surface area contributed by atoms with E-state index in [1.54, 1.807) is 6.07 Å². The van der Waals surface area contributed by atoms with Crippen molar-refractivity contribution in [3.8, 4) is 11.3 Å². The van der Waals surface area contributed by atoms with Gasteiger partial charge in [0.15, 0.2) is 0 Å². The lowest BCUT2D eigenvalue weighted by Crippen LogP contribution is -2.25. The molecule has 25 heavy (non-hydrogen) atoms. The number of halogens is 2. The standard InChI is InChI=1S/C19H15F2N3O/c20-15-7-6-14(17(21)9-15)8-19(25)22-11-16-10-18(24-12-23-16)13-4-2-1-3-5-13/h1-7,9-10,12H,8,11H2,(H,22,25). The molecule has 3 rings (SSSR count). The summed E-state index contributed by atoms with van der Waals surface area (Å²) in [5.41, 5.74) is 2.49. The van der Waals surface area contributed by atoms with E-state index >= 15 is 0 Å². The summed E-state index contributed by atoms with van der Waals surface area (Å²) in [6.45, 7) is 0.198. The van der Waals surface area contributed by atoms with Crippen LogP contribution >= 0.6 is 0 Å². The summed E-state index contributed by atoms with van der Waals surface area (Å²) in [6, 6.07) is 14.6. The molecular formula is C19H15F2N3O. The molecule has 0 saturated carbocycles. The van der Waals surface area contributed by atoms with Gasteiger partial charge in [0.05, 0.1) is 24.4 Å². The Kier molecular flexibility index (Phi) is 5.09. The van der Waals surface area contributed by atoms with E-state index in [-0.39, 0.29) is 24.4 Å². The van der Waals surface area contributed by atoms with E-state index in [2.05, 4.69) is 15.3 Å². The van der Waals surface area contributed by atoms with Crippen molar-refractivity contribution in [2.24, 2.45) is 0 Å². The summed E-state index contributed by atoms with van der Waals surface area (Å²) < 4.78 is 26.5. The van der Waals surface area contributed by atoms with Gasteiger partial charge < -0.3 is 5.32 Å². The van der Waals surface area contributed by atoms with Gasteiger partial charge in [-0.1, -0.05) is 36.4 Å². The SMILES string of the molecule is O=C(Cc1ccc(F)cc1F)NCc1cc(-c2ccccc2)ncn1. The van der Waals surface area contributed by atoms with Crippen LogP contribution in [0, 0.1) is 11.6 Å². The zero-order valence-electron chi connectivity index (χ0n) is 13.2. The van der Waals surface area contributed by atoms with E-state index < -0.39 is 11.6 Å². The second-order valence-electron chi connectivity index (χ2n) is 5.45. The molecule has 0 bridgehead atoms. The van der Waals surface area contributed by atoms with Crippen molar-refractivity contribution in [3.63, 3.8) is 0 Å². The Morgan fingerprint density at radius 2 is 1.80 bits per heavy atom. The number of aromatic nitrogens is 2. The van der Waals surface area contributed by atoms with Crippen molar-refractivity contribution in [2.45, 2.75) is 13.0 Å². The minimum atomic E-state index is -0.733. The van der Waals surface area contributed by atoms with Crippen LogP contribution in [-0.2, 0) is 17.8 Å². The number of carbonyl (C=O) groups excluding carboxylic acids is 1. The Labute approximate surface area is 143 Å². The van der Waals surface area contributed by atoms with Crippen LogP contribution in [0.1, 0.15) is 11.3 Å². The maximum atomic E-state index is 13.6. The van der Waals surface area contributed by atoms with Gasteiger partial charge >= 0.3 is 0 Å². The van der Waals surface area contributed by atoms with E-state index in [1.165, 1.54) is 12.4 Å². The third kappa shape index (κ3) is 4.44. The van der Waals surface area contributed by atoms with Gasteiger partial charge in [0.25, 0.3) is 0 Å². The third-order valence-corrected chi connectivity index (χ3v) is 3.63. The Hall–Kier alpha value is -3.15. The Morgan fingerprint density at radius 1 is 1.00 bits per heavy atom. The summed E-state index contributed by atoms with van der Waals surface area (Å²) in [6.07, 6.45) is 1.27. The van der Waals surface area contributed by atoms with Gasteiger partial charge in [-0.3, -0.25) is 4.79 Å². The van der Waals surface area contributed by atoms with Gasteiger partial charge in [-0.05, 0) is 17.7 Å². The van der Waals surface area contributed by atoms with E-state index in [0.717, 1.165) is 23.4 Å². The van der Waals surface area contributed by atoms with Crippen LogP contribution in [0.2, 0.25) is 0 Å². The number of hydrogen-bond donors (Lipinski definition) is 1. The van der Waals surface area contributed by atoms with Crippen LogP contribution in [0.15, 0.2) is 60.9 Å². The predicted molar refractivity (Wildman–Crippen MR) is 89.4 cm³/mol. The molecule has 3 aromatic rings. The lowest BCUT2D eigenvalue weighted by atomic mass is 10.1. The number of nitrogens with zero attached hydrogens (tertiary/aromatic N) is 2. The lowest BCUT2D eigenvalue weighted by molar-refractivity contribution is -0.120. The number of hydrogen-bond acceptors (Lipinski definition) is 3. The van der Waals surface area contributed by atoms with E-state index in [1.807, 2.05) is 30.3 Å². The van der Waals surface area contributed by atoms with Crippen molar-refractivity contribution in [1.29, 1.82) is 0 Å². The highest BCUT2D eigenvalue weighted by Gasteiger charge is 2.10. The van der Waals surface area contributed by atoms with Crippen molar-refractivity contribution >= 4 is 5.91 Å². The zero-order valence-corrected chi connectivity index (χ0v) is 13.2. The van der Waals surface area contributed by atoms with Crippen molar-refractivity contribution in [2.75, 3.05) is 0 Å². The average molecular weight is 339 g/mol. The molecule has 0 radical (unpaired) electrons. The average Bonchev–Trinajstić information content (AvgIpc) is 2.63. The summed E-state index contributed by atoms with van der Waals surface area (Å²) in [4.78, 5) is 20.3. The minimum Gasteiger partial charge on any atom is -0.350 e. The van der Waals surface area contributed by atoms with Gasteiger partial charge in [0.1, 0.15) is 18.0 Å². The van der Waals surface area contributed by atoms with E-state index in [9.17, 15) is 13.6 Å². The molecule has 6 heteroatoms. The second kappa shape index (κ2) is 7.61. The Balaban J connectivity index is 1.62. The zero-order chi connectivity index (χ0) is 17.6. The predicted octanol–water partition coefficient (Wildman–Crippen LogP) is 3.28. The Morgan fingerprint density at radius 3 is 2.56 bits per heavy atom. The minimum absolute atomic E-state index is 0.145. The highest BCUT2D eigenvalue weighted by Crippen LogP contribution is 2.16.